The van der Waals surface area contributed by atoms with Gasteiger partial charge in [0.05, 0.1) is 12.9 Å². The van der Waals surface area contributed by atoms with Crippen molar-refractivity contribution in [3.63, 3.8) is 0 Å². The van der Waals surface area contributed by atoms with Crippen LogP contribution in [-0.2, 0) is 14.0 Å². The van der Waals surface area contributed by atoms with Gasteiger partial charge in [0.25, 0.3) is 0 Å². The van der Waals surface area contributed by atoms with Gasteiger partial charge in [-0.3, -0.25) is 4.79 Å². The monoisotopic (exact) mass is 310 g/mol. The van der Waals surface area contributed by atoms with Gasteiger partial charge in [0.2, 0.25) is 8.32 Å². The molecule has 0 radical (unpaired) electrons. The molecule has 0 aliphatic heterocycles. The predicted molar refractivity (Wildman–Crippen MR) is 87.3 cm³/mol. The van der Waals surface area contributed by atoms with E-state index in [2.05, 4.69) is 33.1 Å². The van der Waals surface area contributed by atoms with Crippen LogP contribution in [0.1, 0.15) is 45.4 Å². The van der Waals surface area contributed by atoms with Crippen LogP contribution < -0.4 is 0 Å². The number of rotatable bonds is 4. The van der Waals surface area contributed by atoms with Gasteiger partial charge in [-0.25, -0.2) is 0 Å². The van der Waals surface area contributed by atoms with Crippen molar-refractivity contribution in [3.8, 4) is 0 Å². The first kappa shape index (κ1) is 16.6. The van der Waals surface area contributed by atoms with E-state index in [1.165, 1.54) is 32.8 Å². The quantitative estimate of drug-likeness (QED) is 0.435. The van der Waals surface area contributed by atoms with Crippen molar-refractivity contribution < 1.29 is 14.0 Å². The van der Waals surface area contributed by atoms with Gasteiger partial charge < -0.3 is 9.16 Å². The number of carbonyl (C=O) groups excluding carboxylic acids is 1. The molecule has 2 saturated carbocycles. The van der Waals surface area contributed by atoms with Gasteiger partial charge in [0.15, 0.2) is 0 Å². The average molecular weight is 311 g/mol. The molecule has 0 aromatic heterocycles. The zero-order valence-corrected chi connectivity index (χ0v) is 15.3. The second kappa shape index (κ2) is 5.45. The van der Waals surface area contributed by atoms with Gasteiger partial charge in [-0.05, 0) is 56.7 Å². The molecule has 0 aromatic rings. The fourth-order valence-electron chi connectivity index (χ4n) is 4.38. The highest BCUT2D eigenvalue weighted by Crippen LogP contribution is 2.62. The molecular weight excluding hydrogens is 280 g/mol. The van der Waals surface area contributed by atoms with E-state index in [0.717, 1.165) is 12.8 Å². The van der Waals surface area contributed by atoms with E-state index in [-0.39, 0.29) is 11.4 Å². The van der Waals surface area contributed by atoms with Gasteiger partial charge in [-0.2, -0.15) is 0 Å². The molecule has 0 saturated heterocycles. The first-order valence-corrected chi connectivity index (χ1v) is 11.5. The minimum Gasteiger partial charge on any atom is -0.547 e. The fraction of sp³-hybridized carbons (Fsp3) is 0.824. The van der Waals surface area contributed by atoms with Crippen molar-refractivity contribution >= 4 is 14.3 Å². The molecule has 3 nitrogen and oxygen atoms in total. The minimum atomic E-state index is -1.77. The first-order valence-electron chi connectivity index (χ1n) is 8.10. The molecule has 21 heavy (non-hydrogen) atoms. The molecule has 2 rings (SSSR count). The summed E-state index contributed by atoms with van der Waals surface area (Å²) in [5.74, 6) is 1.10. The van der Waals surface area contributed by atoms with Crippen LogP contribution in [0.3, 0.4) is 0 Å². The van der Waals surface area contributed by atoms with Crippen molar-refractivity contribution in [1.82, 2.24) is 0 Å². The highest BCUT2D eigenvalue weighted by molar-refractivity contribution is 6.70. The number of hydrogen-bond acceptors (Lipinski definition) is 3. The zero-order valence-electron chi connectivity index (χ0n) is 14.3. The Morgan fingerprint density at radius 3 is 2.48 bits per heavy atom. The average Bonchev–Trinajstić information content (AvgIpc) is 2.70. The molecular formula is C17H30O3Si. The van der Waals surface area contributed by atoms with Crippen molar-refractivity contribution in [1.29, 1.82) is 0 Å². The van der Waals surface area contributed by atoms with Crippen LogP contribution >= 0.6 is 0 Å². The summed E-state index contributed by atoms with van der Waals surface area (Å²) >= 11 is 0. The Bertz CT molecular complexity index is 440. The van der Waals surface area contributed by atoms with Crippen LogP contribution in [0.4, 0.5) is 0 Å². The Kier molecular flexibility index (Phi) is 4.31. The summed E-state index contributed by atoms with van der Waals surface area (Å²) in [7, 11) is -0.292. The maximum absolute atomic E-state index is 12.6. The summed E-state index contributed by atoms with van der Waals surface area (Å²) in [6.45, 7) is 12.9. The summed E-state index contributed by atoms with van der Waals surface area (Å²) in [4.78, 5) is 12.6. The summed E-state index contributed by atoms with van der Waals surface area (Å²) in [6.07, 6.45) is 6.65. The van der Waals surface area contributed by atoms with Gasteiger partial charge in [-0.15, -0.1) is 0 Å². The predicted octanol–water partition coefficient (Wildman–Crippen LogP) is 4.50. The second-order valence-corrected chi connectivity index (χ2v) is 12.6. The molecule has 120 valence electrons. The Labute approximate surface area is 130 Å². The maximum atomic E-state index is 12.6. The van der Waals surface area contributed by atoms with Crippen LogP contribution in [0.15, 0.2) is 12.3 Å². The normalized spacial score (nSPS) is 36.0. The third-order valence-electron chi connectivity index (χ3n) is 5.38. The van der Waals surface area contributed by atoms with Crippen molar-refractivity contribution in [3.05, 3.63) is 12.3 Å². The third-order valence-corrected chi connectivity index (χ3v) is 6.23. The third kappa shape index (κ3) is 3.05. The smallest absolute Gasteiger partial charge is 0.319 e. The number of hydrogen-bond donors (Lipinski definition) is 0. The number of carbonyl (C=O) groups is 1. The van der Waals surface area contributed by atoms with Crippen LogP contribution in [-0.4, -0.2) is 21.4 Å². The van der Waals surface area contributed by atoms with Crippen LogP contribution in [0.25, 0.3) is 0 Å². The topological polar surface area (TPSA) is 35.5 Å². The molecule has 2 fully saturated rings. The molecule has 0 N–H and O–H groups in total. The number of fused-ring (bicyclic) bond motifs is 1. The number of methoxy groups -OCH3 is 1. The lowest BCUT2D eigenvalue weighted by atomic mass is 9.69. The summed E-state index contributed by atoms with van der Waals surface area (Å²) in [5.41, 5.74) is -0.392. The Morgan fingerprint density at radius 1 is 1.29 bits per heavy atom. The maximum Gasteiger partial charge on any atom is 0.319 e. The van der Waals surface area contributed by atoms with Crippen molar-refractivity contribution in [2.45, 2.75) is 65.1 Å². The molecule has 0 heterocycles. The minimum absolute atomic E-state index is 0.152. The van der Waals surface area contributed by atoms with Gasteiger partial charge >= 0.3 is 5.97 Å². The number of esters is 1. The van der Waals surface area contributed by atoms with Crippen molar-refractivity contribution in [2.75, 3.05) is 7.11 Å². The molecule has 2 aliphatic carbocycles. The van der Waals surface area contributed by atoms with E-state index >= 15 is 0 Å². The van der Waals surface area contributed by atoms with E-state index in [1.54, 1.807) is 0 Å². The molecule has 0 bridgehead atoms. The molecule has 0 spiro atoms. The lowest BCUT2D eigenvalue weighted by Gasteiger charge is -2.36. The van der Waals surface area contributed by atoms with Crippen LogP contribution in [0.2, 0.25) is 19.6 Å². The van der Waals surface area contributed by atoms with E-state index in [0.29, 0.717) is 11.7 Å². The van der Waals surface area contributed by atoms with E-state index in [4.69, 9.17) is 9.16 Å². The van der Waals surface area contributed by atoms with E-state index in [1.807, 2.05) is 0 Å². The molecule has 0 amide bonds. The molecule has 2 aliphatic rings. The zero-order chi connectivity index (χ0) is 15.9. The largest absolute Gasteiger partial charge is 0.547 e. The molecule has 0 unspecified atom stereocenters. The summed E-state index contributed by atoms with van der Waals surface area (Å²) in [5, 5.41) is 0. The van der Waals surface area contributed by atoms with Crippen LogP contribution in [0, 0.1) is 16.7 Å². The second-order valence-electron chi connectivity index (χ2n) is 8.19. The highest BCUT2D eigenvalue weighted by Gasteiger charge is 2.59. The summed E-state index contributed by atoms with van der Waals surface area (Å²) in [6, 6.07) is 0. The molecule has 0 aromatic carbocycles. The first-order chi connectivity index (χ1) is 9.63. The van der Waals surface area contributed by atoms with Gasteiger partial charge in [0.1, 0.15) is 5.41 Å². The molecule has 4 heteroatoms. The lowest BCUT2D eigenvalue weighted by molar-refractivity contribution is -0.152. The standard InChI is InChI=1S/C17H30O3Si/c1-13(20-21(4,5)6)17(15(18)19-3)11-14-9-7-8-10-16(14,2)12-17/h14H,1,7-12H2,2-6H3/t14-,16+,17-/m0/s1. The SMILES string of the molecule is C=C(O[Si](C)(C)C)[C@]1(C(=O)OC)C[C@@H]2CCCC[C@]2(C)C1. The van der Waals surface area contributed by atoms with Crippen LogP contribution in [0.5, 0.6) is 0 Å². The molecule has 3 atom stereocenters. The van der Waals surface area contributed by atoms with E-state index < -0.39 is 13.7 Å². The summed E-state index contributed by atoms with van der Waals surface area (Å²) < 4.78 is 11.3. The number of ether oxygens (including phenoxy) is 1. The van der Waals surface area contributed by atoms with Gasteiger partial charge in [-0.1, -0.05) is 26.3 Å². The Morgan fingerprint density at radius 2 is 1.95 bits per heavy atom. The Balaban J connectivity index is 2.32. The van der Waals surface area contributed by atoms with Gasteiger partial charge in [0, 0.05) is 0 Å². The highest BCUT2D eigenvalue weighted by atomic mass is 28.4. The van der Waals surface area contributed by atoms with E-state index in [9.17, 15) is 4.79 Å². The Hall–Kier alpha value is -0.773. The fourth-order valence-corrected chi connectivity index (χ4v) is 5.31. The van der Waals surface area contributed by atoms with Crippen molar-refractivity contribution in [2.24, 2.45) is 16.7 Å². The lowest BCUT2D eigenvalue weighted by Crippen LogP contribution is -2.38.